The molecule has 1 aliphatic heterocycles. The summed E-state index contributed by atoms with van der Waals surface area (Å²) in [7, 11) is 0. The molecule has 0 radical (unpaired) electrons. The van der Waals surface area contributed by atoms with E-state index in [1.807, 2.05) is 0 Å². The number of nitrogens with zero attached hydrogens (tertiary/aromatic N) is 3. The van der Waals surface area contributed by atoms with E-state index in [4.69, 9.17) is 16.3 Å². The lowest BCUT2D eigenvalue weighted by Crippen LogP contribution is -2.31. The average Bonchev–Trinajstić information content (AvgIpc) is 2.61. The monoisotopic (exact) mass is 249 g/mol. The van der Waals surface area contributed by atoms with Gasteiger partial charge in [0.05, 0.1) is 17.6 Å². The van der Waals surface area contributed by atoms with Crippen LogP contribution in [0.25, 0.3) is 0 Å². The third-order valence-corrected chi connectivity index (χ3v) is 2.85. The van der Waals surface area contributed by atoms with Gasteiger partial charge < -0.3 is 4.74 Å². The maximum absolute atomic E-state index is 13.5. The van der Waals surface area contributed by atoms with E-state index in [0.717, 1.165) is 10.9 Å². The standard InChI is InChI=1S/C8H9ClFN3O3/c9-8-7(13(14)15)3-11-12(8)6-1-2-16-4-5(6)10/h3,5-6H,1-2,4H2. The Kier molecular flexibility index (Phi) is 3.06. The summed E-state index contributed by atoms with van der Waals surface area (Å²) >= 11 is 5.77. The molecule has 6 nitrogen and oxygen atoms in total. The van der Waals surface area contributed by atoms with Gasteiger partial charge in [0.25, 0.3) is 0 Å². The molecule has 2 atom stereocenters. The highest BCUT2D eigenvalue weighted by Gasteiger charge is 2.31. The molecule has 1 aromatic heterocycles. The van der Waals surface area contributed by atoms with E-state index in [2.05, 4.69) is 5.10 Å². The second-order valence-electron chi connectivity index (χ2n) is 3.47. The predicted molar refractivity (Wildman–Crippen MR) is 53.3 cm³/mol. The average molecular weight is 250 g/mol. The molecular formula is C8H9ClFN3O3. The van der Waals surface area contributed by atoms with Crippen LogP contribution in [-0.4, -0.2) is 34.1 Å². The zero-order valence-electron chi connectivity index (χ0n) is 8.18. The van der Waals surface area contributed by atoms with Gasteiger partial charge in [-0.3, -0.25) is 10.1 Å². The van der Waals surface area contributed by atoms with Gasteiger partial charge in [-0.1, -0.05) is 11.6 Å². The minimum atomic E-state index is -1.24. The van der Waals surface area contributed by atoms with Crippen LogP contribution in [0.1, 0.15) is 12.5 Å². The van der Waals surface area contributed by atoms with E-state index in [0.29, 0.717) is 13.0 Å². The molecule has 88 valence electrons. The molecule has 2 rings (SSSR count). The fraction of sp³-hybridized carbons (Fsp3) is 0.625. The summed E-state index contributed by atoms with van der Waals surface area (Å²) in [6.45, 7) is 0.365. The van der Waals surface area contributed by atoms with Gasteiger partial charge in [-0.15, -0.1) is 0 Å². The fourth-order valence-electron chi connectivity index (χ4n) is 1.66. The van der Waals surface area contributed by atoms with Crippen molar-refractivity contribution in [3.63, 3.8) is 0 Å². The maximum atomic E-state index is 13.5. The van der Waals surface area contributed by atoms with Crippen molar-refractivity contribution in [2.75, 3.05) is 13.2 Å². The van der Waals surface area contributed by atoms with E-state index in [1.165, 1.54) is 0 Å². The summed E-state index contributed by atoms with van der Waals surface area (Å²) in [6, 6.07) is -0.588. The van der Waals surface area contributed by atoms with Crippen LogP contribution in [0, 0.1) is 10.1 Å². The first-order valence-electron chi connectivity index (χ1n) is 4.70. The second-order valence-corrected chi connectivity index (χ2v) is 3.83. The summed E-state index contributed by atoms with van der Waals surface area (Å²) in [5.74, 6) is 0. The molecule has 0 bridgehead atoms. The molecule has 1 aliphatic rings. The van der Waals surface area contributed by atoms with Crippen LogP contribution in [0.2, 0.25) is 5.15 Å². The Labute approximate surface area is 95.1 Å². The summed E-state index contributed by atoms with van der Waals surface area (Å²) in [4.78, 5) is 9.91. The molecule has 1 saturated heterocycles. The Morgan fingerprint density at radius 3 is 3.06 bits per heavy atom. The first-order chi connectivity index (χ1) is 7.61. The number of aromatic nitrogens is 2. The third-order valence-electron chi connectivity index (χ3n) is 2.48. The van der Waals surface area contributed by atoms with Crippen molar-refractivity contribution in [2.24, 2.45) is 0 Å². The van der Waals surface area contributed by atoms with Crippen LogP contribution >= 0.6 is 11.6 Å². The zero-order valence-corrected chi connectivity index (χ0v) is 8.93. The highest BCUT2D eigenvalue weighted by molar-refractivity contribution is 6.31. The smallest absolute Gasteiger partial charge is 0.325 e. The molecule has 8 heteroatoms. The van der Waals surface area contributed by atoms with E-state index in [9.17, 15) is 14.5 Å². The minimum Gasteiger partial charge on any atom is -0.378 e. The Hall–Kier alpha value is -1.21. The van der Waals surface area contributed by atoms with Gasteiger partial charge in [-0.05, 0) is 6.42 Å². The highest BCUT2D eigenvalue weighted by atomic mass is 35.5. The van der Waals surface area contributed by atoms with E-state index in [1.54, 1.807) is 0 Å². The molecule has 1 fully saturated rings. The lowest BCUT2D eigenvalue weighted by atomic mass is 10.1. The molecule has 0 N–H and O–H groups in total. The molecule has 0 aromatic carbocycles. The van der Waals surface area contributed by atoms with Crippen LogP contribution in [-0.2, 0) is 4.74 Å². The van der Waals surface area contributed by atoms with Crippen molar-refractivity contribution in [3.8, 4) is 0 Å². The van der Waals surface area contributed by atoms with Gasteiger partial charge in [0, 0.05) is 6.61 Å². The van der Waals surface area contributed by atoms with Crippen molar-refractivity contribution in [1.82, 2.24) is 9.78 Å². The van der Waals surface area contributed by atoms with Gasteiger partial charge >= 0.3 is 5.69 Å². The normalized spacial score (nSPS) is 25.6. The number of alkyl halides is 1. The second kappa shape index (κ2) is 4.34. The number of hydrogen-bond donors (Lipinski definition) is 0. The van der Waals surface area contributed by atoms with E-state index < -0.39 is 17.1 Å². The molecule has 16 heavy (non-hydrogen) atoms. The summed E-state index contributed by atoms with van der Waals surface area (Å²) in [6.07, 6.45) is 0.190. The fourth-order valence-corrected chi connectivity index (χ4v) is 1.95. The molecular weight excluding hydrogens is 241 g/mol. The summed E-state index contributed by atoms with van der Waals surface area (Å²) < 4.78 is 19.6. The van der Waals surface area contributed by atoms with Gasteiger partial charge in [0.15, 0.2) is 0 Å². The molecule has 0 spiro atoms. The number of rotatable bonds is 2. The molecule has 0 amide bonds. The van der Waals surface area contributed by atoms with Gasteiger partial charge in [0.2, 0.25) is 5.15 Å². The minimum absolute atomic E-state index is 0.0331. The molecule has 2 unspecified atom stereocenters. The number of nitro groups is 1. The quantitative estimate of drug-likeness (QED) is 0.591. The van der Waals surface area contributed by atoms with Crippen molar-refractivity contribution in [2.45, 2.75) is 18.6 Å². The summed E-state index contributed by atoms with van der Waals surface area (Å²) in [5, 5.41) is 14.2. The Morgan fingerprint density at radius 2 is 2.50 bits per heavy atom. The van der Waals surface area contributed by atoms with Crippen LogP contribution in [0.4, 0.5) is 10.1 Å². The van der Waals surface area contributed by atoms with Crippen LogP contribution < -0.4 is 0 Å². The SMILES string of the molecule is O=[N+]([O-])c1cnn(C2CCOCC2F)c1Cl. The number of ether oxygens (including phenoxy) is 1. The number of halogens is 2. The third kappa shape index (κ3) is 1.88. The lowest BCUT2D eigenvalue weighted by Gasteiger charge is -2.26. The van der Waals surface area contributed by atoms with Crippen molar-refractivity contribution >= 4 is 17.3 Å². The summed E-state index contributed by atoms with van der Waals surface area (Å²) in [5.41, 5.74) is -0.305. The molecule has 1 aromatic rings. The van der Waals surface area contributed by atoms with Crippen molar-refractivity contribution in [3.05, 3.63) is 21.5 Å². The highest BCUT2D eigenvalue weighted by Crippen LogP contribution is 2.31. The van der Waals surface area contributed by atoms with Gasteiger partial charge in [-0.25, -0.2) is 9.07 Å². The zero-order chi connectivity index (χ0) is 11.7. The van der Waals surface area contributed by atoms with Crippen molar-refractivity contribution < 1.29 is 14.1 Å². The topological polar surface area (TPSA) is 70.2 Å². The number of hydrogen-bond acceptors (Lipinski definition) is 4. The first-order valence-corrected chi connectivity index (χ1v) is 5.08. The molecule has 2 heterocycles. The van der Waals surface area contributed by atoms with Gasteiger partial charge in [0.1, 0.15) is 12.4 Å². The predicted octanol–water partition coefficient (Wildman–Crippen LogP) is 1.74. The first kappa shape index (κ1) is 11.3. The Balaban J connectivity index is 2.29. The molecule has 0 aliphatic carbocycles. The Morgan fingerprint density at radius 1 is 1.75 bits per heavy atom. The van der Waals surface area contributed by atoms with Crippen molar-refractivity contribution in [1.29, 1.82) is 0 Å². The largest absolute Gasteiger partial charge is 0.378 e. The lowest BCUT2D eigenvalue weighted by molar-refractivity contribution is -0.384. The maximum Gasteiger partial charge on any atom is 0.325 e. The van der Waals surface area contributed by atoms with Crippen LogP contribution in [0.3, 0.4) is 0 Å². The van der Waals surface area contributed by atoms with Gasteiger partial charge in [-0.2, -0.15) is 5.10 Å². The van der Waals surface area contributed by atoms with E-state index >= 15 is 0 Å². The van der Waals surface area contributed by atoms with E-state index in [-0.39, 0.29) is 17.4 Å². The Bertz CT molecular complexity index is 411. The van der Waals surface area contributed by atoms with Crippen LogP contribution in [0.5, 0.6) is 0 Å². The molecule has 0 saturated carbocycles. The van der Waals surface area contributed by atoms with Crippen LogP contribution in [0.15, 0.2) is 6.20 Å².